The number of hydrogen-bond donors (Lipinski definition) is 1. The van der Waals surface area contributed by atoms with Crippen molar-refractivity contribution in [2.24, 2.45) is 0 Å². The summed E-state index contributed by atoms with van der Waals surface area (Å²) in [5.74, 6) is 0. The van der Waals surface area contributed by atoms with E-state index < -0.39 is 0 Å². The number of fused-ring (bicyclic) bond motifs is 1. The molecule has 1 heterocycles. The normalized spacial score (nSPS) is 10.6. The van der Waals surface area contributed by atoms with Crippen molar-refractivity contribution < 1.29 is 0 Å². The van der Waals surface area contributed by atoms with Crippen LogP contribution in [-0.4, -0.2) is 4.98 Å². The first-order valence-corrected chi connectivity index (χ1v) is 3.97. The number of hydrogen-bond acceptors (Lipinski definition) is 0. The van der Waals surface area contributed by atoms with Gasteiger partial charge in [-0.1, -0.05) is 31.2 Å². The summed E-state index contributed by atoms with van der Waals surface area (Å²) in [4.78, 5) is 3.26. The molecule has 0 saturated carbocycles. The number of benzene rings is 1. The van der Waals surface area contributed by atoms with Crippen molar-refractivity contribution in [1.29, 1.82) is 0 Å². The molecular formula is C10H11N. The second-order valence-corrected chi connectivity index (χ2v) is 2.71. The molecule has 0 spiro atoms. The maximum atomic E-state index is 3.26. The maximum Gasteiger partial charge on any atom is 0.0224 e. The average molecular weight is 145 g/mol. The van der Waals surface area contributed by atoms with Gasteiger partial charge in [0.05, 0.1) is 0 Å². The topological polar surface area (TPSA) is 15.8 Å². The van der Waals surface area contributed by atoms with E-state index in [-0.39, 0.29) is 0 Å². The highest BCUT2D eigenvalue weighted by Gasteiger charge is 1.97. The molecule has 0 aliphatic rings. The lowest BCUT2D eigenvalue weighted by molar-refractivity contribution is 1.08. The Morgan fingerprint density at radius 3 is 2.91 bits per heavy atom. The van der Waals surface area contributed by atoms with Crippen LogP contribution in [0.1, 0.15) is 12.6 Å². The molecular weight excluding hydrogens is 134 g/mol. The van der Waals surface area contributed by atoms with Gasteiger partial charge in [0.2, 0.25) is 0 Å². The Kier molecular flexibility index (Phi) is 1.42. The van der Waals surface area contributed by atoms with Crippen LogP contribution in [0.3, 0.4) is 0 Å². The Morgan fingerprint density at radius 2 is 2.09 bits per heavy atom. The molecule has 1 nitrogen and oxygen atoms in total. The van der Waals surface area contributed by atoms with Gasteiger partial charge in [0.25, 0.3) is 0 Å². The molecule has 0 saturated heterocycles. The monoisotopic (exact) mass is 145 g/mol. The van der Waals surface area contributed by atoms with Crippen LogP contribution in [0.4, 0.5) is 0 Å². The summed E-state index contributed by atoms with van der Waals surface area (Å²) in [6, 6.07) is 8.43. The van der Waals surface area contributed by atoms with Crippen molar-refractivity contribution >= 4 is 10.8 Å². The van der Waals surface area contributed by atoms with E-state index in [0.717, 1.165) is 6.42 Å². The molecule has 2 rings (SSSR count). The van der Waals surface area contributed by atoms with Gasteiger partial charge in [0, 0.05) is 17.3 Å². The van der Waals surface area contributed by atoms with Crippen LogP contribution < -0.4 is 0 Å². The second-order valence-electron chi connectivity index (χ2n) is 2.71. The largest absolute Gasteiger partial charge is 0.364 e. The Hall–Kier alpha value is -1.24. The van der Waals surface area contributed by atoms with Gasteiger partial charge in [0.1, 0.15) is 0 Å². The molecule has 11 heavy (non-hydrogen) atoms. The quantitative estimate of drug-likeness (QED) is 0.635. The summed E-state index contributed by atoms with van der Waals surface area (Å²) in [7, 11) is 0. The average Bonchev–Trinajstić information content (AvgIpc) is 2.47. The summed E-state index contributed by atoms with van der Waals surface area (Å²) in [5, 5.41) is 2.67. The first-order valence-electron chi connectivity index (χ1n) is 3.97. The third-order valence-electron chi connectivity index (χ3n) is 2.04. The summed E-state index contributed by atoms with van der Waals surface area (Å²) in [6.07, 6.45) is 3.14. The molecule has 0 amide bonds. The van der Waals surface area contributed by atoms with Crippen LogP contribution in [-0.2, 0) is 6.42 Å². The Bertz CT molecular complexity index is 360. The van der Waals surface area contributed by atoms with Gasteiger partial charge in [-0.15, -0.1) is 0 Å². The minimum atomic E-state index is 1.08. The summed E-state index contributed by atoms with van der Waals surface area (Å²) in [6.45, 7) is 2.16. The smallest absolute Gasteiger partial charge is 0.0224 e. The molecule has 1 aromatic carbocycles. The number of nitrogens with one attached hydrogen (secondary N) is 1. The van der Waals surface area contributed by atoms with Crippen LogP contribution >= 0.6 is 0 Å². The van der Waals surface area contributed by atoms with Gasteiger partial charge in [-0.25, -0.2) is 0 Å². The summed E-state index contributed by atoms with van der Waals surface area (Å²) >= 11 is 0. The first-order chi connectivity index (χ1) is 5.42. The van der Waals surface area contributed by atoms with Gasteiger partial charge in [-0.2, -0.15) is 0 Å². The number of aromatic amines is 1. The summed E-state index contributed by atoms with van der Waals surface area (Å²) in [5.41, 5.74) is 1.33. The number of aromatic nitrogens is 1. The van der Waals surface area contributed by atoms with Crippen LogP contribution in [0.5, 0.6) is 0 Å². The molecule has 1 N–H and O–H groups in total. The van der Waals surface area contributed by atoms with Crippen molar-refractivity contribution in [1.82, 2.24) is 4.98 Å². The zero-order valence-electron chi connectivity index (χ0n) is 6.59. The number of aryl methyl sites for hydroxylation is 1. The highest BCUT2D eigenvalue weighted by atomic mass is 14.7. The van der Waals surface area contributed by atoms with Crippen LogP contribution in [0, 0.1) is 0 Å². The SMILES string of the molecule is CCc1[nH]cc2ccccc12. The second kappa shape index (κ2) is 2.42. The zero-order chi connectivity index (χ0) is 7.68. The molecule has 1 aromatic heterocycles. The molecule has 0 atom stereocenters. The predicted molar refractivity (Wildman–Crippen MR) is 47.7 cm³/mol. The molecule has 0 bridgehead atoms. The van der Waals surface area contributed by atoms with Crippen LogP contribution in [0.15, 0.2) is 30.5 Å². The van der Waals surface area contributed by atoms with E-state index in [9.17, 15) is 0 Å². The fraction of sp³-hybridized carbons (Fsp3) is 0.200. The molecule has 0 unspecified atom stereocenters. The van der Waals surface area contributed by atoms with Crippen LogP contribution in [0.2, 0.25) is 0 Å². The minimum absolute atomic E-state index is 1.08. The lowest BCUT2D eigenvalue weighted by Crippen LogP contribution is -1.77. The molecule has 0 fully saturated rings. The fourth-order valence-electron chi connectivity index (χ4n) is 1.43. The van der Waals surface area contributed by atoms with Gasteiger partial charge in [-0.05, 0) is 11.8 Å². The lowest BCUT2D eigenvalue weighted by atomic mass is 10.1. The minimum Gasteiger partial charge on any atom is -0.364 e. The van der Waals surface area contributed by atoms with Crippen molar-refractivity contribution in [2.45, 2.75) is 13.3 Å². The van der Waals surface area contributed by atoms with E-state index in [1.165, 1.54) is 16.5 Å². The fourth-order valence-corrected chi connectivity index (χ4v) is 1.43. The standard InChI is InChI=1S/C10H11N/c1-2-10-9-6-4-3-5-8(9)7-11-10/h3-7,11H,2H2,1H3. The van der Waals surface area contributed by atoms with Crippen molar-refractivity contribution in [3.63, 3.8) is 0 Å². The third-order valence-corrected chi connectivity index (χ3v) is 2.04. The van der Waals surface area contributed by atoms with Gasteiger partial charge >= 0.3 is 0 Å². The number of rotatable bonds is 1. The number of H-pyrrole nitrogens is 1. The van der Waals surface area contributed by atoms with Gasteiger partial charge in [0.15, 0.2) is 0 Å². The first kappa shape index (κ1) is 6.47. The van der Waals surface area contributed by atoms with Crippen LogP contribution in [0.25, 0.3) is 10.8 Å². The van der Waals surface area contributed by atoms with E-state index >= 15 is 0 Å². The highest BCUT2D eigenvalue weighted by molar-refractivity contribution is 5.85. The third kappa shape index (κ3) is 0.929. The molecule has 56 valence electrons. The Labute approximate surface area is 66.1 Å². The van der Waals surface area contributed by atoms with E-state index in [4.69, 9.17) is 0 Å². The van der Waals surface area contributed by atoms with E-state index in [1.54, 1.807) is 0 Å². The molecule has 0 aliphatic carbocycles. The van der Waals surface area contributed by atoms with Gasteiger partial charge < -0.3 is 4.98 Å². The predicted octanol–water partition coefficient (Wildman–Crippen LogP) is 2.73. The van der Waals surface area contributed by atoms with Gasteiger partial charge in [-0.3, -0.25) is 0 Å². The lowest BCUT2D eigenvalue weighted by Gasteiger charge is -1.91. The Balaban J connectivity index is 2.76. The molecule has 0 aliphatic heterocycles. The van der Waals surface area contributed by atoms with E-state index in [1.807, 2.05) is 0 Å². The van der Waals surface area contributed by atoms with E-state index in [0.29, 0.717) is 0 Å². The van der Waals surface area contributed by atoms with E-state index in [2.05, 4.69) is 42.4 Å². The highest BCUT2D eigenvalue weighted by Crippen LogP contribution is 2.17. The van der Waals surface area contributed by atoms with Crippen molar-refractivity contribution in [2.75, 3.05) is 0 Å². The van der Waals surface area contributed by atoms with Crippen molar-refractivity contribution in [3.8, 4) is 0 Å². The molecule has 0 radical (unpaired) electrons. The zero-order valence-corrected chi connectivity index (χ0v) is 6.59. The maximum absolute atomic E-state index is 3.26. The molecule has 1 heteroatoms. The Morgan fingerprint density at radius 1 is 1.27 bits per heavy atom. The molecule has 2 aromatic rings. The summed E-state index contributed by atoms with van der Waals surface area (Å²) < 4.78 is 0. The van der Waals surface area contributed by atoms with Crippen molar-refractivity contribution in [3.05, 3.63) is 36.2 Å².